The fourth-order valence-electron chi connectivity index (χ4n) is 3.15. The number of hydrogen-bond donors (Lipinski definition) is 0. The van der Waals surface area contributed by atoms with Gasteiger partial charge in [-0.05, 0) is 68.8 Å². The Balaban J connectivity index is 1.77. The minimum absolute atomic E-state index is 0.131. The molecule has 0 unspecified atom stereocenters. The van der Waals surface area contributed by atoms with Gasteiger partial charge in [-0.2, -0.15) is 0 Å². The maximum atomic E-state index is 13.5. The first-order valence-corrected chi connectivity index (χ1v) is 12.2. The predicted molar refractivity (Wildman–Crippen MR) is 122 cm³/mol. The molecule has 0 aliphatic carbocycles. The highest BCUT2D eigenvalue weighted by atomic mass is 32.2. The highest BCUT2D eigenvalue weighted by Gasteiger charge is 2.25. The second kappa shape index (κ2) is 8.28. The van der Waals surface area contributed by atoms with Crippen molar-refractivity contribution >= 4 is 42.4 Å². The number of hydrogen-bond acceptors (Lipinski definition) is 6. The summed E-state index contributed by atoms with van der Waals surface area (Å²) in [6.45, 7) is 5.43. The lowest BCUT2D eigenvalue weighted by Gasteiger charge is -2.19. The van der Waals surface area contributed by atoms with E-state index >= 15 is 0 Å². The van der Waals surface area contributed by atoms with E-state index in [2.05, 4.69) is 4.98 Å². The topological polar surface area (TPSA) is 80.5 Å². The van der Waals surface area contributed by atoms with Crippen LogP contribution < -0.4 is 4.90 Å². The van der Waals surface area contributed by atoms with Gasteiger partial charge in [-0.15, -0.1) is 0 Å². The molecule has 2 heterocycles. The van der Waals surface area contributed by atoms with E-state index in [1.807, 2.05) is 25.1 Å². The molecule has 4 rings (SSSR count). The molecule has 1 amide bonds. The molecular formula is C23H22N2O4S2. The second-order valence-corrected chi connectivity index (χ2v) is 11.1. The Hall–Kier alpha value is -2.97. The number of furan rings is 1. The highest BCUT2D eigenvalue weighted by molar-refractivity contribution is 7.92. The van der Waals surface area contributed by atoms with Crippen molar-refractivity contribution in [1.29, 1.82) is 0 Å². The smallest absolute Gasteiger partial charge is 0.260 e. The van der Waals surface area contributed by atoms with Crippen LogP contribution in [0.4, 0.5) is 5.13 Å². The number of carbonyl (C=O) groups excluding carboxylic acids is 1. The molecule has 0 spiro atoms. The molecule has 2 aromatic heterocycles. The van der Waals surface area contributed by atoms with Crippen LogP contribution in [-0.2, 0) is 16.4 Å². The summed E-state index contributed by atoms with van der Waals surface area (Å²) in [6, 6.07) is 15.6. The van der Waals surface area contributed by atoms with Crippen molar-refractivity contribution in [2.45, 2.75) is 37.5 Å². The van der Waals surface area contributed by atoms with Gasteiger partial charge in [0.1, 0.15) is 5.76 Å². The van der Waals surface area contributed by atoms with E-state index in [-0.39, 0.29) is 22.9 Å². The number of carbonyl (C=O) groups is 1. The van der Waals surface area contributed by atoms with Crippen molar-refractivity contribution < 1.29 is 17.6 Å². The van der Waals surface area contributed by atoms with Crippen LogP contribution in [0.25, 0.3) is 10.2 Å². The fourth-order valence-corrected chi connectivity index (χ4v) is 5.32. The number of benzene rings is 2. The van der Waals surface area contributed by atoms with Crippen LogP contribution in [-0.4, -0.2) is 24.6 Å². The molecule has 31 heavy (non-hydrogen) atoms. The summed E-state index contributed by atoms with van der Waals surface area (Å²) in [7, 11) is -3.50. The molecule has 0 aliphatic heterocycles. The van der Waals surface area contributed by atoms with Crippen LogP contribution >= 0.6 is 11.3 Å². The van der Waals surface area contributed by atoms with E-state index < -0.39 is 15.1 Å². The summed E-state index contributed by atoms with van der Waals surface area (Å²) >= 11 is 1.41. The van der Waals surface area contributed by atoms with Gasteiger partial charge >= 0.3 is 0 Å². The molecule has 2 aromatic carbocycles. The SMILES string of the molecule is Cc1ccc2nc(N(Cc3ccco3)C(=O)c3cccc(S(=O)(=O)C(C)C)c3)sc2c1. The standard InChI is InChI=1S/C23H22N2O4S2/c1-15(2)31(27,28)19-8-4-6-17(13-19)22(26)25(14-18-7-5-11-29-18)23-24-20-10-9-16(3)12-21(20)30-23/h4-13,15H,14H2,1-3H3. The minimum Gasteiger partial charge on any atom is -0.467 e. The molecule has 0 radical (unpaired) electrons. The number of thiazole rings is 1. The molecule has 0 N–H and O–H groups in total. The van der Waals surface area contributed by atoms with Gasteiger partial charge in [-0.3, -0.25) is 9.69 Å². The van der Waals surface area contributed by atoms with Crippen LogP contribution in [0, 0.1) is 6.92 Å². The zero-order valence-corrected chi connectivity index (χ0v) is 19.0. The first kappa shape index (κ1) is 21.3. The Morgan fingerprint density at radius 1 is 1.13 bits per heavy atom. The Kier molecular flexibility index (Phi) is 5.68. The average molecular weight is 455 g/mol. The second-order valence-electron chi connectivity index (χ2n) is 7.56. The van der Waals surface area contributed by atoms with E-state index in [1.165, 1.54) is 28.4 Å². The molecule has 0 fully saturated rings. The van der Waals surface area contributed by atoms with Gasteiger partial charge in [0.2, 0.25) is 0 Å². The van der Waals surface area contributed by atoms with Gasteiger partial charge in [0.05, 0.1) is 33.2 Å². The molecule has 0 atom stereocenters. The number of sulfone groups is 1. The number of amides is 1. The van der Waals surface area contributed by atoms with Gasteiger partial charge in [0, 0.05) is 5.56 Å². The van der Waals surface area contributed by atoms with Gasteiger partial charge in [-0.1, -0.05) is 23.5 Å². The minimum atomic E-state index is -3.50. The summed E-state index contributed by atoms with van der Waals surface area (Å²) in [5, 5.41) is -0.0521. The average Bonchev–Trinajstić information content (AvgIpc) is 3.40. The Morgan fingerprint density at radius 3 is 2.65 bits per heavy atom. The van der Waals surface area contributed by atoms with Crippen molar-refractivity contribution in [2.75, 3.05) is 4.90 Å². The molecule has 160 valence electrons. The van der Waals surface area contributed by atoms with E-state index in [0.29, 0.717) is 10.9 Å². The van der Waals surface area contributed by atoms with Crippen molar-refractivity contribution in [1.82, 2.24) is 4.98 Å². The van der Waals surface area contributed by atoms with Crippen LogP contribution in [0.15, 0.2) is 70.2 Å². The maximum absolute atomic E-state index is 13.5. The zero-order chi connectivity index (χ0) is 22.2. The first-order valence-electron chi connectivity index (χ1n) is 9.81. The van der Waals surface area contributed by atoms with Crippen molar-refractivity contribution in [3.63, 3.8) is 0 Å². The quantitative estimate of drug-likeness (QED) is 0.399. The number of anilines is 1. The molecule has 0 saturated carbocycles. The van der Waals surface area contributed by atoms with Crippen LogP contribution in [0.3, 0.4) is 0 Å². The molecule has 4 aromatic rings. The molecule has 6 nitrogen and oxygen atoms in total. The van der Waals surface area contributed by atoms with Crippen LogP contribution in [0.2, 0.25) is 0 Å². The normalized spacial score (nSPS) is 11.9. The molecule has 0 bridgehead atoms. The van der Waals surface area contributed by atoms with Gasteiger partial charge in [0.15, 0.2) is 15.0 Å². The van der Waals surface area contributed by atoms with E-state index in [9.17, 15) is 13.2 Å². The maximum Gasteiger partial charge on any atom is 0.260 e. The van der Waals surface area contributed by atoms with Gasteiger partial charge < -0.3 is 4.42 Å². The van der Waals surface area contributed by atoms with Crippen LogP contribution in [0.1, 0.15) is 35.5 Å². The third-order valence-electron chi connectivity index (χ3n) is 4.93. The predicted octanol–water partition coefficient (Wildman–Crippen LogP) is 5.23. The number of rotatable bonds is 6. The largest absolute Gasteiger partial charge is 0.467 e. The van der Waals surface area contributed by atoms with E-state index in [1.54, 1.807) is 44.4 Å². The lowest BCUT2D eigenvalue weighted by Crippen LogP contribution is -2.30. The third kappa shape index (κ3) is 4.26. The Bertz CT molecular complexity index is 1340. The van der Waals surface area contributed by atoms with Crippen LogP contribution in [0.5, 0.6) is 0 Å². The third-order valence-corrected chi connectivity index (χ3v) is 8.13. The number of nitrogens with zero attached hydrogens (tertiary/aromatic N) is 2. The van der Waals surface area contributed by atoms with Crippen molar-refractivity contribution in [3.8, 4) is 0 Å². The molecule has 8 heteroatoms. The summed E-state index contributed by atoms with van der Waals surface area (Å²) in [4.78, 5) is 19.8. The molecule has 0 saturated heterocycles. The Morgan fingerprint density at radius 2 is 1.94 bits per heavy atom. The number of aromatic nitrogens is 1. The highest BCUT2D eigenvalue weighted by Crippen LogP contribution is 2.32. The Labute approximate surface area is 185 Å². The summed E-state index contributed by atoms with van der Waals surface area (Å²) in [5.74, 6) is 0.266. The lowest BCUT2D eigenvalue weighted by atomic mass is 10.2. The monoisotopic (exact) mass is 454 g/mol. The number of fused-ring (bicyclic) bond motifs is 1. The fraction of sp³-hybridized carbons (Fsp3) is 0.217. The van der Waals surface area contributed by atoms with Gasteiger partial charge in [-0.25, -0.2) is 13.4 Å². The molecule has 0 aliphatic rings. The van der Waals surface area contributed by atoms with Crippen molar-refractivity contribution in [3.05, 3.63) is 77.7 Å². The summed E-state index contributed by atoms with van der Waals surface area (Å²) in [5.41, 5.74) is 2.20. The van der Waals surface area contributed by atoms with E-state index in [4.69, 9.17) is 4.42 Å². The number of aryl methyl sites for hydroxylation is 1. The zero-order valence-electron chi connectivity index (χ0n) is 17.4. The summed E-state index contributed by atoms with van der Waals surface area (Å²) < 4.78 is 31.6. The van der Waals surface area contributed by atoms with E-state index in [0.717, 1.165) is 15.8 Å². The lowest BCUT2D eigenvalue weighted by molar-refractivity contribution is 0.0983. The first-order chi connectivity index (χ1) is 14.8. The van der Waals surface area contributed by atoms with Gasteiger partial charge in [0.25, 0.3) is 5.91 Å². The van der Waals surface area contributed by atoms with Crippen molar-refractivity contribution in [2.24, 2.45) is 0 Å². The summed E-state index contributed by atoms with van der Waals surface area (Å²) in [6.07, 6.45) is 1.55. The molecular weight excluding hydrogens is 432 g/mol.